The average Bonchev–Trinajstić information content (AvgIpc) is 2.36. The standard InChI is InChI=1S/C14H9BrF2O2/c1-8(18)9-2-5-14(13(17)6-9)19-10-3-4-11(15)12(16)7-10/h2-7H,1H3. The molecule has 0 radical (unpaired) electrons. The molecule has 2 aromatic rings. The summed E-state index contributed by atoms with van der Waals surface area (Å²) in [5.74, 6) is -1.30. The van der Waals surface area contributed by atoms with Gasteiger partial charge in [0.1, 0.15) is 11.6 Å². The minimum absolute atomic E-state index is 0.0632. The summed E-state index contributed by atoms with van der Waals surface area (Å²) in [6.07, 6.45) is 0. The molecule has 2 aromatic carbocycles. The van der Waals surface area contributed by atoms with Gasteiger partial charge in [-0.3, -0.25) is 4.79 Å². The number of hydrogen-bond acceptors (Lipinski definition) is 2. The van der Waals surface area contributed by atoms with Crippen LogP contribution in [-0.4, -0.2) is 5.78 Å². The van der Waals surface area contributed by atoms with Crippen molar-refractivity contribution in [2.24, 2.45) is 0 Å². The topological polar surface area (TPSA) is 26.3 Å². The third-order valence-electron chi connectivity index (χ3n) is 2.46. The zero-order chi connectivity index (χ0) is 14.0. The second-order valence-corrected chi connectivity index (χ2v) is 4.73. The Hall–Kier alpha value is -1.75. The molecule has 0 aliphatic carbocycles. The van der Waals surface area contributed by atoms with E-state index in [1.807, 2.05) is 0 Å². The van der Waals surface area contributed by atoms with Gasteiger partial charge >= 0.3 is 0 Å². The minimum Gasteiger partial charge on any atom is -0.454 e. The summed E-state index contributed by atoms with van der Waals surface area (Å²) in [4.78, 5) is 11.1. The zero-order valence-corrected chi connectivity index (χ0v) is 11.5. The second-order valence-electron chi connectivity index (χ2n) is 3.88. The van der Waals surface area contributed by atoms with E-state index in [0.29, 0.717) is 4.47 Å². The Bertz CT molecular complexity index is 641. The number of rotatable bonds is 3. The number of halogens is 3. The van der Waals surface area contributed by atoms with Crippen molar-refractivity contribution in [3.63, 3.8) is 0 Å². The maximum atomic E-state index is 13.7. The van der Waals surface area contributed by atoms with Gasteiger partial charge in [-0.2, -0.15) is 0 Å². The average molecular weight is 327 g/mol. The molecule has 0 aromatic heterocycles. The first kappa shape index (κ1) is 13.7. The van der Waals surface area contributed by atoms with Crippen molar-refractivity contribution in [2.75, 3.05) is 0 Å². The van der Waals surface area contributed by atoms with Gasteiger partial charge in [-0.1, -0.05) is 0 Å². The Morgan fingerprint density at radius 3 is 2.42 bits per heavy atom. The summed E-state index contributed by atoms with van der Waals surface area (Å²) >= 11 is 3.01. The minimum atomic E-state index is -0.670. The van der Waals surface area contributed by atoms with Crippen LogP contribution < -0.4 is 4.74 Å². The van der Waals surface area contributed by atoms with Gasteiger partial charge in [0.2, 0.25) is 0 Å². The maximum Gasteiger partial charge on any atom is 0.166 e. The van der Waals surface area contributed by atoms with Gasteiger partial charge in [0, 0.05) is 11.6 Å². The monoisotopic (exact) mass is 326 g/mol. The third-order valence-corrected chi connectivity index (χ3v) is 3.10. The molecule has 2 rings (SSSR count). The molecular weight excluding hydrogens is 318 g/mol. The van der Waals surface area contributed by atoms with Gasteiger partial charge < -0.3 is 4.74 Å². The molecular formula is C14H9BrF2O2. The van der Waals surface area contributed by atoms with E-state index >= 15 is 0 Å². The van der Waals surface area contributed by atoms with Crippen molar-refractivity contribution in [1.29, 1.82) is 0 Å². The largest absolute Gasteiger partial charge is 0.454 e. The zero-order valence-electron chi connectivity index (χ0n) is 9.91. The van der Waals surface area contributed by atoms with Crippen LogP contribution in [0.4, 0.5) is 8.78 Å². The van der Waals surface area contributed by atoms with E-state index in [2.05, 4.69) is 15.9 Å². The fraction of sp³-hybridized carbons (Fsp3) is 0.0714. The maximum absolute atomic E-state index is 13.7. The van der Waals surface area contributed by atoms with E-state index in [1.165, 1.54) is 31.2 Å². The Morgan fingerprint density at radius 1 is 1.11 bits per heavy atom. The predicted octanol–water partition coefficient (Wildman–Crippen LogP) is 4.72. The summed E-state index contributed by atoms with van der Waals surface area (Å²) in [5, 5.41) is 0. The molecule has 0 bridgehead atoms. The van der Waals surface area contributed by atoms with Crippen molar-refractivity contribution < 1.29 is 18.3 Å². The van der Waals surface area contributed by atoms with Crippen LogP contribution in [0.25, 0.3) is 0 Å². The first-order chi connectivity index (χ1) is 8.97. The van der Waals surface area contributed by atoms with E-state index in [9.17, 15) is 13.6 Å². The number of ketones is 1. The molecule has 0 fully saturated rings. The molecule has 0 amide bonds. The van der Waals surface area contributed by atoms with Crippen LogP contribution in [0.5, 0.6) is 11.5 Å². The van der Waals surface area contributed by atoms with E-state index in [1.54, 1.807) is 0 Å². The van der Waals surface area contributed by atoms with Crippen LogP contribution in [0.1, 0.15) is 17.3 Å². The summed E-state index contributed by atoms with van der Waals surface area (Å²) in [6, 6.07) is 8.00. The van der Waals surface area contributed by atoms with Crippen LogP contribution in [0, 0.1) is 11.6 Å². The van der Waals surface area contributed by atoms with Crippen LogP contribution in [0.15, 0.2) is 40.9 Å². The number of benzene rings is 2. The number of carbonyl (C=O) groups excluding carboxylic acids is 1. The van der Waals surface area contributed by atoms with Gasteiger partial charge in [0.25, 0.3) is 0 Å². The molecule has 0 heterocycles. The van der Waals surface area contributed by atoms with Gasteiger partial charge in [0.05, 0.1) is 4.47 Å². The van der Waals surface area contributed by atoms with Gasteiger partial charge in [-0.05, 0) is 53.2 Å². The van der Waals surface area contributed by atoms with Crippen LogP contribution in [0.3, 0.4) is 0 Å². The molecule has 0 spiro atoms. The molecule has 0 N–H and O–H groups in total. The third kappa shape index (κ3) is 3.17. The quantitative estimate of drug-likeness (QED) is 0.763. The number of ether oxygens (including phenoxy) is 1. The Morgan fingerprint density at radius 2 is 1.84 bits per heavy atom. The summed E-state index contributed by atoms with van der Waals surface area (Å²) in [7, 11) is 0. The Balaban J connectivity index is 2.28. The molecule has 2 nitrogen and oxygen atoms in total. The number of hydrogen-bond donors (Lipinski definition) is 0. The molecule has 0 atom stereocenters. The molecule has 0 saturated heterocycles. The summed E-state index contributed by atoms with van der Waals surface area (Å²) < 4.78 is 32.5. The second kappa shape index (κ2) is 5.48. The van der Waals surface area contributed by atoms with E-state index < -0.39 is 11.6 Å². The predicted molar refractivity (Wildman–Crippen MR) is 70.6 cm³/mol. The number of Topliss-reactive ketones (excluding diaryl/α,β-unsaturated/α-hetero) is 1. The van der Waals surface area contributed by atoms with Gasteiger partial charge in [-0.25, -0.2) is 8.78 Å². The summed E-state index contributed by atoms with van der Waals surface area (Å²) in [5.41, 5.74) is 0.256. The first-order valence-corrected chi connectivity index (χ1v) is 6.20. The van der Waals surface area contributed by atoms with E-state index in [0.717, 1.165) is 12.1 Å². The normalized spacial score (nSPS) is 10.3. The van der Waals surface area contributed by atoms with Gasteiger partial charge in [-0.15, -0.1) is 0 Å². The Labute approximate surface area is 117 Å². The van der Waals surface area contributed by atoms with Crippen LogP contribution in [0.2, 0.25) is 0 Å². The van der Waals surface area contributed by atoms with Crippen molar-refractivity contribution in [3.8, 4) is 11.5 Å². The van der Waals surface area contributed by atoms with Crippen LogP contribution in [-0.2, 0) is 0 Å². The summed E-state index contributed by atoms with van der Waals surface area (Å²) in [6.45, 7) is 1.35. The van der Waals surface area contributed by atoms with Crippen LogP contribution >= 0.6 is 15.9 Å². The molecule has 98 valence electrons. The fourth-order valence-electron chi connectivity index (χ4n) is 1.47. The SMILES string of the molecule is CC(=O)c1ccc(Oc2ccc(Br)c(F)c2)c(F)c1. The van der Waals surface area contributed by atoms with Crippen molar-refractivity contribution >= 4 is 21.7 Å². The molecule has 0 aliphatic rings. The van der Waals surface area contributed by atoms with Crippen molar-refractivity contribution in [1.82, 2.24) is 0 Å². The Kier molecular flexibility index (Phi) is 3.95. The smallest absolute Gasteiger partial charge is 0.166 e. The highest BCUT2D eigenvalue weighted by atomic mass is 79.9. The molecule has 5 heteroatoms. The van der Waals surface area contributed by atoms with Crippen molar-refractivity contribution in [3.05, 3.63) is 58.1 Å². The van der Waals surface area contributed by atoms with E-state index in [-0.39, 0.29) is 22.8 Å². The molecule has 0 saturated carbocycles. The number of carbonyl (C=O) groups is 1. The highest BCUT2D eigenvalue weighted by molar-refractivity contribution is 9.10. The molecule has 0 unspecified atom stereocenters. The highest BCUT2D eigenvalue weighted by Crippen LogP contribution is 2.28. The lowest BCUT2D eigenvalue weighted by atomic mass is 10.1. The lowest BCUT2D eigenvalue weighted by Crippen LogP contribution is -1.95. The lowest BCUT2D eigenvalue weighted by molar-refractivity contribution is 0.101. The highest BCUT2D eigenvalue weighted by Gasteiger charge is 2.09. The van der Waals surface area contributed by atoms with Crippen molar-refractivity contribution in [2.45, 2.75) is 6.92 Å². The first-order valence-electron chi connectivity index (χ1n) is 5.41. The molecule has 19 heavy (non-hydrogen) atoms. The lowest BCUT2D eigenvalue weighted by Gasteiger charge is -2.08. The fourth-order valence-corrected chi connectivity index (χ4v) is 1.72. The van der Waals surface area contributed by atoms with Gasteiger partial charge in [0.15, 0.2) is 17.3 Å². The molecule has 0 aliphatic heterocycles. The van der Waals surface area contributed by atoms with E-state index in [4.69, 9.17) is 4.74 Å².